The van der Waals surface area contributed by atoms with Crippen molar-refractivity contribution in [1.82, 2.24) is 0 Å². The summed E-state index contributed by atoms with van der Waals surface area (Å²) in [5, 5.41) is 6.03. The van der Waals surface area contributed by atoms with Crippen molar-refractivity contribution in [3.63, 3.8) is 0 Å². The first-order chi connectivity index (χ1) is 16.1. The van der Waals surface area contributed by atoms with Crippen molar-refractivity contribution in [3.8, 4) is 0 Å². The van der Waals surface area contributed by atoms with Crippen molar-refractivity contribution in [1.29, 1.82) is 0 Å². The summed E-state index contributed by atoms with van der Waals surface area (Å²) in [7, 11) is -8.82. The van der Waals surface area contributed by atoms with E-state index in [1.54, 1.807) is 12.1 Å². The van der Waals surface area contributed by atoms with Gasteiger partial charge in [0.1, 0.15) is 20.2 Å². The van der Waals surface area contributed by atoms with Crippen LogP contribution in [-0.4, -0.2) is 74.8 Å². The molecule has 0 unspecified atom stereocenters. The summed E-state index contributed by atoms with van der Waals surface area (Å²) in [6, 6.07) is 30.2. The Morgan fingerprint density at radius 3 is 1.09 bits per heavy atom. The predicted octanol–water partition coefficient (Wildman–Crippen LogP) is 4.29. The van der Waals surface area contributed by atoms with Gasteiger partial charge in [-0.1, -0.05) is 48.5 Å². The number of rotatable bonds is 6. The molecule has 0 heterocycles. The van der Waals surface area contributed by atoms with Gasteiger partial charge in [0, 0.05) is 22.7 Å². The van der Waals surface area contributed by atoms with E-state index in [0.29, 0.717) is 11.4 Å². The minimum Gasteiger partial charge on any atom is -0.744 e. The molecular formula is C24H20BaN2O6S2. The molecule has 0 aromatic heterocycles. The smallest absolute Gasteiger partial charge is 0.744 e. The summed E-state index contributed by atoms with van der Waals surface area (Å²) < 4.78 is 65.1. The molecule has 0 aliphatic heterocycles. The summed E-state index contributed by atoms with van der Waals surface area (Å²) in [4.78, 5) is -0.475. The van der Waals surface area contributed by atoms with E-state index in [4.69, 9.17) is 0 Å². The second kappa shape index (κ2) is 13.3. The van der Waals surface area contributed by atoms with Crippen LogP contribution >= 0.6 is 0 Å². The maximum Gasteiger partial charge on any atom is 2.00 e. The molecule has 0 radical (unpaired) electrons. The second-order valence-electron chi connectivity index (χ2n) is 6.95. The molecule has 0 bridgehead atoms. The first kappa shape index (κ1) is 29.1. The van der Waals surface area contributed by atoms with Crippen LogP contribution in [0.3, 0.4) is 0 Å². The van der Waals surface area contributed by atoms with Gasteiger partial charge >= 0.3 is 48.9 Å². The minimum atomic E-state index is -4.41. The van der Waals surface area contributed by atoms with Crippen LogP contribution < -0.4 is 10.6 Å². The van der Waals surface area contributed by atoms with E-state index in [0.717, 1.165) is 11.4 Å². The third kappa shape index (κ3) is 9.80. The van der Waals surface area contributed by atoms with Crippen LogP contribution in [-0.2, 0) is 20.2 Å². The molecule has 35 heavy (non-hydrogen) atoms. The molecule has 4 aromatic rings. The fourth-order valence-electron chi connectivity index (χ4n) is 2.84. The van der Waals surface area contributed by atoms with Crippen molar-refractivity contribution in [2.24, 2.45) is 0 Å². The summed E-state index contributed by atoms with van der Waals surface area (Å²) in [5.41, 5.74) is 2.78. The number of anilines is 4. The summed E-state index contributed by atoms with van der Waals surface area (Å²) in [5.74, 6) is 0. The molecule has 8 nitrogen and oxygen atoms in total. The third-order valence-corrected chi connectivity index (χ3v) is 6.03. The Morgan fingerprint density at radius 1 is 0.457 bits per heavy atom. The van der Waals surface area contributed by atoms with Gasteiger partial charge in [-0.2, -0.15) is 0 Å². The number of nitrogens with one attached hydrogen (secondary N) is 2. The van der Waals surface area contributed by atoms with Gasteiger partial charge in [0.25, 0.3) is 0 Å². The summed E-state index contributed by atoms with van der Waals surface area (Å²) >= 11 is 0. The molecule has 4 aromatic carbocycles. The van der Waals surface area contributed by atoms with E-state index in [1.807, 2.05) is 60.7 Å². The van der Waals surface area contributed by atoms with Crippen LogP contribution in [0.1, 0.15) is 0 Å². The maximum absolute atomic E-state index is 10.9. The molecule has 4 rings (SSSR count). The van der Waals surface area contributed by atoms with E-state index in [2.05, 4.69) is 10.6 Å². The van der Waals surface area contributed by atoms with Crippen molar-refractivity contribution in [2.45, 2.75) is 9.79 Å². The van der Waals surface area contributed by atoms with Gasteiger partial charge in [-0.05, 0) is 60.7 Å². The molecule has 0 spiro atoms. The summed E-state index contributed by atoms with van der Waals surface area (Å²) in [6.45, 7) is 0. The topological polar surface area (TPSA) is 138 Å². The van der Waals surface area contributed by atoms with Crippen molar-refractivity contribution in [2.75, 3.05) is 10.6 Å². The van der Waals surface area contributed by atoms with E-state index in [1.165, 1.54) is 36.4 Å². The standard InChI is InChI=1S/2C12H11NO3S.Ba/c2*14-17(15,16)12-8-4-7-11(9-12)13-10-5-2-1-3-6-10;/h2*1-9,13H,(H,14,15,16);/q;;+2/p-2. The number of benzene rings is 4. The van der Waals surface area contributed by atoms with Crippen LogP contribution in [0.15, 0.2) is 119 Å². The number of para-hydroxylation sites is 2. The first-order valence-electron chi connectivity index (χ1n) is 9.87. The van der Waals surface area contributed by atoms with Crippen LogP contribution in [0, 0.1) is 0 Å². The quantitative estimate of drug-likeness (QED) is 0.237. The first-order valence-corrected chi connectivity index (χ1v) is 12.7. The Bertz CT molecular complexity index is 1340. The molecule has 0 fully saturated rings. The zero-order valence-corrected chi connectivity index (χ0v) is 24.4. The number of hydrogen-bond donors (Lipinski definition) is 2. The molecule has 0 saturated heterocycles. The molecule has 2 N–H and O–H groups in total. The third-order valence-electron chi connectivity index (χ3n) is 4.37. The van der Waals surface area contributed by atoms with Crippen LogP contribution in [0.5, 0.6) is 0 Å². The Labute approximate surface area is 245 Å². The molecule has 0 saturated carbocycles. The van der Waals surface area contributed by atoms with Crippen molar-refractivity contribution >= 4 is 91.9 Å². The second-order valence-corrected chi connectivity index (χ2v) is 9.71. The largest absolute Gasteiger partial charge is 2.00 e. The van der Waals surface area contributed by atoms with Gasteiger partial charge in [-0.25, -0.2) is 16.8 Å². The average Bonchev–Trinajstić information content (AvgIpc) is 2.80. The zero-order valence-electron chi connectivity index (χ0n) is 18.4. The number of hydrogen-bond acceptors (Lipinski definition) is 8. The molecule has 11 heteroatoms. The van der Waals surface area contributed by atoms with Gasteiger partial charge in [-0.15, -0.1) is 0 Å². The predicted molar refractivity (Wildman–Crippen MR) is 134 cm³/mol. The Kier molecular flexibility index (Phi) is 11.0. The van der Waals surface area contributed by atoms with E-state index < -0.39 is 20.2 Å². The molecule has 176 valence electrons. The van der Waals surface area contributed by atoms with Gasteiger partial charge in [0.2, 0.25) is 0 Å². The Hall–Kier alpha value is -2.13. The van der Waals surface area contributed by atoms with Crippen molar-refractivity contribution < 1.29 is 25.9 Å². The van der Waals surface area contributed by atoms with E-state index >= 15 is 0 Å². The summed E-state index contributed by atoms with van der Waals surface area (Å²) in [6.07, 6.45) is 0. The van der Waals surface area contributed by atoms with Crippen LogP contribution in [0.4, 0.5) is 22.7 Å². The van der Waals surface area contributed by atoms with E-state index in [-0.39, 0.29) is 58.7 Å². The van der Waals surface area contributed by atoms with Gasteiger partial charge in [0.05, 0.1) is 9.79 Å². The average molecular weight is 634 g/mol. The van der Waals surface area contributed by atoms with E-state index in [9.17, 15) is 25.9 Å². The van der Waals surface area contributed by atoms with Crippen molar-refractivity contribution in [3.05, 3.63) is 109 Å². The molecule has 0 aliphatic rings. The van der Waals surface area contributed by atoms with Gasteiger partial charge < -0.3 is 19.7 Å². The molecule has 0 aliphatic carbocycles. The fourth-order valence-corrected chi connectivity index (χ4v) is 3.87. The van der Waals surface area contributed by atoms with Crippen LogP contribution in [0.25, 0.3) is 0 Å². The Morgan fingerprint density at radius 2 is 0.771 bits per heavy atom. The molecule has 0 atom stereocenters. The van der Waals surface area contributed by atoms with Crippen LogP contribution in [0.2, 0.25) is 0 Å². The minimum absolute atomic E-state index is 0. The normalized spacial score (nSPS) is 10.8. The maximum atomic E-state index is 10.9. The van der Waals surface area contributed by atoms with Gasteiger partial charge in [-0.3, -0.25) is 0 Å². The monoisotopic (exact) mass is 634 g/mol. The molecule has 0 amide bonds. The fraction of sp³-hybridized carbons (Fsp3) is 0. The SMILES string of the molecule is O=S(=O)([O-])c1cccc(Nc2ccccc2)c1.O=S(=O)([O-])c1cccc(Nc2ccccc2)c1.[Ba+2]. The molecular weight excluding hydrogens is 614 g/mol. The van der Waals surface area contributed by atoms with Gasteiger partial charge in [0.15, 0.2) is 0 Å². The Balaban J connectivity index is 0.000000240. The zero-order chi connectivity index (χ0) is 24.6.